The van der Waals surface area contributed by atoms with Gasteiger partial charge in [-0.25, -0.2) is 25.9 Å². The average Bonchev–Trinajstić information content (AvgIpc) is 3.42. The molecule has 1 amide bonds. The topological polar surface area (TPSA) is 140 Å². The Hall–Kier alpha value is -3.23. The molecule has 0 bridgehead atoms. The van der Waals surface area contributed by atoms with Crippen LogP contribution in [0.1, 0.15) is 23.2 Å². The second kappa shape index (κ2) is 11.9. The number of methoxy groups -OCH3 is 1. The summed E-state index contributed by atoms with van der Waals surface area (Å²) in [6.45, 7) is 0.654. The lowest BCUT2D eigenvalue weighted by Crippen LogP contribution is -2.32. The summed E-state index contributed by atoms with van der Waals surface area (Å²) in [6, 6.07) is 12.3. The molecule has 0 aromatic heterocycles. The van der Waals surface area contributed by atoms with Crippen molar-refractivity contribution >= 4 is 48.9 Å². The van der Waals surface area contributed by atoms with Crippen LogP contribution in [0.15, 0.2) is 70.5 Å². The van der Waals surface area contributed by atoms with E-state index in [2.05, 4.69) is 14.8 Å². The fourth-order valence-electron chi connectivity index (χ4n) is 3.82. The summed E-state index contributed by atoms with van der Waals surface area (Å²) in [5.74, 6) is -1.09. The van der Waals surface area contributed by atoms with Gasteiger partial charge in [-0.1, -0.05) is 11.6 Å². The first-order valence-corrected chi connectivity index (χ1v) is 15.0. The van der Waals surface area contributed by atoms with Crippen molar-refractivity contribution in [2.24, 2.45) is 0 Å². The first-order chi connectivity index (χ1) is 18.5. The van der Waals surface area contributed by atoms with Gasteiger partial charge in [-0.2, -0.15) is 0 Å². The maximum atomic E-state index is 13.2. The first-order valence-electron chi connectivity index (χ1n) is 11.7. The molecule has 14 heteroatoms. The quantitative estimate of drug-likeness (QED) is 0.321. The van der Waals surface area contributed by atoms with Gasteiger partial charge in [0.1, 0.15) is 16.5 Å². The summed E-state index contributed by atoms with van der Waals surface area (Å²) in [7, 11) is -6.80. The second-order valence-corrected chi connectivity index (χ2v) is 12.4. The van der Waals surface area contributed by atoms with Crippen molar-refractivity contribution in [2.75, 3.05) is 30.3 Å². The molecule has 0 aliphatic carbocycles. The van der Waals surface area contributed by atoms with E-state index in [0.717, 1.165) is 43.2 Å². The molecule has 1 unspecified atom stereocenters. The van der Waals surface area contributed by atoms with Crippen molar-refractivity contribution in [3.63, 3.8) is 0 Å². The summed E-state index contributed by atoms with van der Waals surface area (Å²) in [6.07, 6.45) is 1.36. The van der Waals surface area contributed by atoms with E-state index in [9.17, 15) is 26.0 Å². The van der Waals surface area contributed by atoms with E-state index in [1.54, 1.807) is 0 Å². The summed E-state index contributed by atoms with van der Waals surface area (Å²) < 4.78 is 79.9. The Balaban J connectivity index is 1.53. The second-order valence-electron chi connectivity index (χ2n) is 8.56. The van der Waals surface area contributed by atoms with E-state index in [1.807, 2.05) is 0 Å². The molecule has 208 valence electrons. The van der Waals surface area contributed by atoms with Crippen LogP contribution in [0.2, 0.25) is 5.02 Å². The number of carbonyl (C=O) groups is 1. The third-order valence-electron chi connectivity index (χ3n) is 5.83. The minimum Gasteiger partial charge on any atom is -0.495 e. The van der Waals surface area contributed by atoms with Crippen LogP contribution < -0.4 is 19.5 Å². The highest BCUT2D eigenvalue weighted by molar-refractivity contribution is 7.92. The van der Waals surface area contributed by atoms with Crippen molar-refractivity contribution < 1.29 is 35.5 Å². The highest BCUT2D eigenvalue weighted by Crippen LogP contribution is 2.31. The van der Waals surface area contributed by atoms with Crippen LogP contribution >= 0.6 is 11.6 Å². The number of ether oxygens (including phenoxy) is 2. The minimum absolute atomic E-state index is 0.00107. The molecule has 3 aromatic rings. The largest absolute Gasteiger partial charge is 0.495 e. The molecule has 1 heterocycles. The predicted molar refractivity (Wildman–Crippen MR) is 144 cm³/mol. The molecular formula is C25H25ClFN3O7S2. The Labute approximate surface area is 230 Å². The number of rotatable bonds is 10. The van der Waals surface area contributed by atoms with Crippen LogP contribution in [-0.2, 0) is 24.8 Å². The molecule has 3 aromatic carbocycles. The number of carbonyl (C=O) groups excluding carboxylic acids is 1. The normalized spacial score (nSPS) is 15.6. The van der Waals surface area contributed by atoms with Crippen molar-refractivity contribution in [3.8, 4) is 5.75 Å². The van der Waals surface area contributed by atoms with Gasteiger partial charge in [0.2, 0.25) is 10.0 Å². The number of amides is 1. The van der Waals surface area contributed by atoms with Gasteiger partial charge in [0.15, 0.2) is 0 Å². The molecule has 10 nitrogen and oxygen atoms in total. The van der Waals surface area contributed by atoms with Gasteiger partial charge in [-0.15, -0.1) is 0 Å². The molecule has 4 rings (SSSR count). The first kappa shape index (κ1) is 28.8. The van der Waals surface area contributed by atoms with E-state index in [1.165, 1.54) is 37.4 Å². The maximum absolute atomic E-state index is 13.2. The SMILES string of the molecule is COc1ccc(NC(=O)c2ccc(Cl)c(S(=O)(=O)NCC3CCCO3)c2)cc1NS(=O)(=O)c1ccc(F)cc1. The lowest BCUT2D eigenvalue weighted by atomic mass is 10.2. The number of nitrogens with one attached hydrogen (secondary N) is 3. The highest BCUT2D eigenvalue weighted by Gasteiger charge is 2.24. The van der Waals surface area contributed by atoms with Crippen molar-refractivity contribution in [3.05, 3.63) is 77.1 Å². The molecule has 1 aliphatic rings. The molecule has 0 saturated carbocycles. The number of benzene rings is 3. The number of anilines is 2. The highest BCUT2D eigenvalue weighted by atomic mass is 35.5. The van der Waals surface area contributed by atoms with E-state index in [-0.39, 0.29) is 50.2 Å². The Morgan fingerprint density at radius 2 is 1.79 bits per heavy atom. The summed E-state index contributed by atoms with van der Waals surface area (Å²) in [5, 5.41) is 2.54. The van der Waals surface area contributed by atoms with E-state index >= 15 is 0 Å². The van der Waals surface area contributed by atoms with Gasteiger partial charge >= 0.3 is 0 Å². The van der Waals surface area contributed by atoms with E-state index < -0.39 is 31.8 Å². The van der Waals surface area contributed by atoms with E-state index in [4.69, 9.17) is 21.1 Å². The molecule has 0 spiro atoms. The predicted octanol–water partition coefficient (Wildman–Crippen LogP) is 4.00. The molecule has 1 saturated heterocycles. The minimum atomic E-state index is -4.11. The lowest BCUT2D eigenvalue weighted by Gasteiger charge is -2.15. The van der Waals surface area contributed by atoms with Crippen LogP contribution in [0.25, 0.3) is 0 Å². The summed E-state index contributed by atoms with van der Waals surface area (Å²) in [4.78, 5) is 12.5. The molecule has 1 aliphatic heterocycles. The maximum Gasteiger partial charge on any atom is 0.262 e. The third kappa shape index (κ3) is 7.05. The zero-order valence-corrected chi connectivity index (χ0v) is 23.0. The number of sulfonamides is 2. The Bertz CT molecular complexity index is 1580. The number of halogens is 2. The fourth-order valence-corrected chi connectivity index (χ4v) is 6.47. The van der Waals surface area contributed by atoms with Gasteiger partial charge in [0.25, 0.3) is 15.9 Å². The smallest absolute Gasteiger partial charge is 0.262 e. The van der Waals surface area contributed by atoms with Gasteiger partial charge in [0, 0.05) is 24.4 Å². The fraction of sp³-hybridized carbons (Fsp3) is 0.240. The zero-order valence-electron chi connectivity index (χ0n) is 20.6. The monoisotopic (exact) mass is 597 g/mol. The average molecular weight is 598 g/mol. The Morgan fingerprint density at radius 3 is 2.46 bits per heavy atom. The van der Waals surface area contributed by atoms with Crippen molar-refractivity contribution in [1.82, 2.24) is 4.72 Å². The molecule has 0 radical (unpaired) electrons. The van der Waals surface area contributed by atoms with Crippen LogP contribution in [0.5, 0.6) is 5.75 Å². The molecular weight excluding hydrogens is 573 g/mol. The Morgan fingerprint density at radius 1 is 1.05 bits per heavy atom. The molecule has 39 heavy (non-hydrogen) atoms. The standard InChI is InChI=1S/C25H25ClFN3O7S2/c1-36-23-11-7-18(14-22(23)30-38(32,33)20-8-5-17(27)6-9-20)29-25(31)16-4-10-21(26)24(13-16)39(34,35)28-15-19-3-2-12-37-19/h4-11,13-14,19,28,30H,2-3,12,15H2,1H3,(H,29,31). The van der Waals surface area contributed by atoms with Crippen LogP contribution in [0.4, 0.5) is 15.8 Å². The Kier molecular flexibility index (Phi) is 8.76. The number of hydrogen-bond donors (Lipinski definition) is 3. The third-order valence-corrected chi connectivity index (χ3v) is 9.12. The molecule has 3 N–H and O–H groups in total. The van der Waals surface area contributed by atoms with Gasteiger partial charge in [-0.3, -0.25) is 9.52 Å². The van der Waals surface area contributed by atoms with Crippen molar-refractivity contribution in [2.45, 2.75) is 28.7 Å². The molecule has 1 atom stereocenters. The van der Waals surface area contributed by atoms with Gasteiger partial charge < -0.3 is 14.8 Å². The van der Waals surface area contributed by atoms with Gasteiger partial charge in [-0.05, 0) is 73.5 Å². The van der Waals surface area contributed by atoms with Crippen LogP contribution in [-0.4, -0.2) is 49.1 Å². The van der Waals surface area contributed by atoms with Crippen LogP contribution in [0.3, 0.4) is 0 Å². The van der Waals surface area contributed by atoms with E-state index in [0.29, 0.717) is 6.61 Å². The number of hydrogen-bond acceptors (Lipinski definition) is 7. The zero-order chi connectivity index (χ0) is 28.2. The van der Waals surface area contributed by atoms with Crippen LogP contribution in [0, 0.1) is 5.82 Å². The molecule has 1 fully saturated rings. The summed E-state index contributed by atoms with van der Waals surface area (Å²) in [5.41, 5.74) is 0.201. The lowest BCUT2D eigenvalue weighted by molar-refractivity contribution is 0.102. The van der Waals surface area contributed by atoms with Crippen molar-refractivity contribution in [1.29, 1.82) is 0 Å². The summed E-state index contributed by atoms with van der Waals surface area (Å²) >= 11 is 6.13. The van der Waals surface area contributed by atoms with Gasteiger partial charge in [0.05, 0.1) is 28.8 Å².